The summed E-state index contributed by atoms with van der Waals surface area (Å²) >= 11 is 0. The van der Waals surface area contributed by atoms with E-state index < -0.39 is 15.7 Å². The van der Waals surface area contributed by atoms with E-state index in [1.807, 2.05) is 0 Å². The van der Waals surface area contributed by atoms with E-state index in [0.29, 0.717) is 16.7 Å². The Balaban J connectivity index is 2.47. The van der Waals surface area contributed by atoms with Crippen LogP contribution in [0.4, 0.5) is 5.69 Å². The van der Waals surface area contributed by atoms with Crippen molar-refractivity contribution in [1.82, 2.24) is 5.32 Å². The van der Waals surface area contributed by atoms with Gasteiger partial charge in [0.15, 0.2) is 0 Å². The molecule has 0 aromatic heterocycles. The first kappa shape index (κ1) is 15.8. The van der Waals surface area contributed by atoms with Crippen molar-refractivity contribution in [3.8, 4) is 0 Å². The molecule has 0 heterocycles. The number of rotatable bonds is 8. The molecule has 0 radical (unpaired) electrons. The van der Waals surface area contributed by atoms with E-state index in [1.165, 1.54) is 12.1 Å². The lowest BCUT2D eigenvalue weighted by molar-refractivity contribution is -0.384. The number of benzene rings is 1. The summed E-state index contributed by atoms with van der Waals surface area (Å²) in [4.78, 5) is 10.7. The van der Waals surface area contributed by atoms with Crippen LogP contribution in [-0.2, 0) is 10.8 Å². The lowest BCUT2D eigenvalue weighted by Gasteiger charge is -2.12. The van der Waals surface area contributed by atoms with Crippen molar-refractivity contribution in [2.75, 3.05) is 12.3 Å². The molecule has 0 amide bonds. The molecule has 0 spiro atoms. The lowest BCUT2D eigenvalue weighted by atomic mass is 10.2. The van der Waals surface area contributed by atoms with Gasteiger partial charge in [0.2, 0.25) is 0 Å². The van der Waals surface area contributed by atoms with Gasteiger partial charge in [0.1, 0.15) is 0 Å². The first-order valence-electron chi connectivity index (χ1n) is 6.40. The number of hydrogen-bond donors (Lipinski definition) is 1. The van der Waals surface area contributed by atoms with Gasteiger partial charge in [-0.3, -0.25) is 14.3 Å². The Kier molecular flexibility index (Phi) is 6.66. The van der Waals surface area contributed by atoms with Crippen LogP contribution in [0.5, 0.6) is 0 Å². The molecule has 0 fully saturated rings. The molecular formula is C13H20N2O3S. The smallest absolute Gasteiger partial charge is 0.269 e. The quantitative estimate of drug-likeness (QED) is 0.588. The maximum Gasteiger partial charge on any atom is 0.269 e. The largest absolute Gasteiger partial charge is 0.314 e. The van der Waals surface area contributed by atoms with E-state index in [0.717, 1.165) is 19.4 Å². The number of non-ortho nitro benzene ring substituents is 1. The molecule has 1 aromatic rings. The summed E-state index contributed by atoms with van der Waals surface area (Å²) in [5.74, 6) is 0.565. The standard InChI is InChI=1S/C13H20N2O3S/c1-3-9-14-11(2)8-10-19(18)13-6-4-12(5-7-13)15(16)17/h4-7,11,14H,3,8-10H2,1-2H3. The molecule has 1 N–H and O–H groups in total. The third kappa shape index (κ3) is 5.48. The maximum absolute atomic E-state index is 12.0. The third-order valence-electron chi connectivity index (χ3n) is 2.79. The van der Waals surface area contributed by atoms with Gasteiger partial charge in [0, 0.05) is 28.8 Å². The van der Waals surface area contributed by atoms with Crippen molar-refractivity contribution >= 4 is 16.5 Å². The van der Waals surface area contributed by atoms with Gasteiger partial charge in [-0.2, -0.15) is 0 Å². The second-order valence-electron chi connectivity index (χ2n) is 4.44. The van der Waals surface area contributed by atoms with E-state index in [2.05, 4.69) is 19.2 Å². The van der Waals surface area contributed by atoms with Gasteiger partial charge in [-0.1, -0.05) is 6.92 Å². The number of nitrogens with one attached hydrogen (secondary N) is 1. The molecule has 1 rings (SSSR count). The molecule has 0 bridgehead atoms. The molecule has 19 heavy (non-hydrogen) atoms. The lowest BCUT2D eigenvalue weighted by Crippen LogP contribution is -2.28. The minimum absolute atomic E-state index is 0.0266. The first-order valence-corrected chi connectivity index (χ1v) is 7.72. The van der Waals surface area contributed by atoms with Crippen molar-refractivity contribution in [2.45, 2.75) is 37.6 Å². The third-order valence-corrected chi connectivity index (χ3v) is 4.19. The van der Waals surface area contributed by atoms with Crippen LogP contribution in [0.3, 0.4) is 0 Å². The predicted molar refractivity (Wildman–Crippen MR) is 76.7 cm³/mol. The van der Waals surface area contributed by atoms with Crippen molar-refractivity contribution < 1.29 is 9.13 Å². The zero-order valence-corrected chi connectivity index (χ0v) is 12.1. The van der Waals surface area contributed by atoms with Gasteiger partial charge in [-0.25, -0.2) is 0 Å². The van der Waals surface area contributed by atoms with E-state index in [-0.39, 0.29) is 5.69 Å². The summed E-state index contributed by atoms with van der Waals surface area (Å²) in [6, 6.07) is 6.26. The van der Waals surface area contributed by atoms with Crippen LogP contribution in [-0.4, -0.2) is 27.5 Å². The Morgan fingerprint density at radius 3 is 2.53 bits per heavy atom. The predicted octanol–water partition coefficient (Wildman–Crippen LogP) is 2.48. The van der Waals surface area contributed by atoms with Gasteiger partial charge in [0.05, 0.1) is 15.7 Å². The summed E-state index contributed by atoms with van der Waals surface area (Å²) < 4.78 is 12.0. The molecule has 0 aliphatic heterocycles. The van der Waals surface area contributed by atoms with Gasteiger partial charge < -0.3 is 5.32 Å². The summed E-state index contributed by atoms with van der Waals surface area (Å²) in [5.41, 5.74) is 0.0266. The summed E-state index contributed by atoms with van der Waals surface area (Å²) in [6.07, 6.45) is 1.90. The van der Waals surface area contributed by atoms with Crippen molar-refractivity contribution in [3.05, 3.63) is 34.4 Å². The van der Waals surface area contributed by atoms with Crippen LogP contribution in [0.2, 0.25) is 0 Å². The van der Waals surface area contributed by atoms with Gasteiger partial charge in [-0.05, 0) is 38.4 Å². The highest BCUT2D eigenvalue weighted by atomic mass is 32.2. The monoisotopic (exact) mass is 284 g/mol. The van der Waals surface area contributed by atoms with Crippen molar-refractivity contribution in [3.63, 3.8) is 0 Å². The Bertz CT molecular complexity index is 434. The second kappa shape index (κ2) is 8.01. The minimum atomic E-state index is -1.09. The zero-order chi connectivity index (χ0) is 14.3. The molecule has 1 aromatic carbocycles. The van der Waals surface area contributed by atoms with E-state index >= 15 is 0 Å². The Morgan fingerprint density at radius 2 is 2.00 bits per heavy atom. The molecule has 5 nitrogen and oxygen atoms in total. The maximum atomic E-state index is 12.0. The van der Waals surface area contributed by atoms with Crippen LogP contribution in [0.15, 0.2) is 29.2 Å². The highest BCUT2D eigenvalue weighted by molar-refractivity contribution is 7.85. The fourth-order valence-electron chi connectivity index (χ4n) is 1.61. The molecule has 106 valence electrons. The molecule has 0 aliphatic carbocycles. The normalized spacial score (nSPS) is 14.0. The van der Waals surface area contributed by atoms with E-state index in [4.69, 9.17) is 0 Å². The Morgan fingerprint density at radius 1 is 1.37 bits per heavy atom. The average Bonchev–Trinajstić information content (AvgIpc) is 2.42. The zero-order valence-electron chi connectivity index (χ0n) is 11.3. The highest BCUT2D eigenvalue weighted by Gasteiger charge is 2.09. The van der Waals surface area contributed by atoms with Crippen molar-refractivity contribution in [2.24, 2.45) is 0 Å². The van der Waals surface area contributed by atoms with E-state index in [9.17, 15) is 14.3 Å². The summed E-state index contributed by atoms with van der Waals surface area (Å²) in [5, 5.41) is 13.9. The fraction of sp³-hybridized carbons (Fsp3) is 0.538. The molecule has 0 saturated carbocycles. The Labute approximate surface area is 116 Å². The molecule has 0 saturated heterocycles. The topological polar surface area (TPSA) is 72.2 Å². The fourth-order valence-corrected chi connectivity index (χ4v) is 2.86. The molecule has 2 unspecified atom stereocenters. The SMILES string of the molecule is CCCNC(C)CCS(=O)c1ccc([N+](=O)[O-])cc1. The van der Waals surface area contributed by atoms with Crippen LogP contribution in [0.1, 0.15) is 26.7 Å². The minimum Gasteiger partial charge on any atom is -0.314 e. The summed E-state index contributed by atoms with van der Waals surface area (Å²) in [7, 11) is -1.09. The highest BCUT2D eigenvalue weighted by Crippen LogP contribution is 2.15. The Hall–Kier alpha value is -1.27. The number of hydrogen-bond acceptors (Lipinski definition) is 4. The van der Waals surface area contributed by atoms with Crippen LogP contribution in [0.25, 0.3) is 0 Å². The van der Waals surface area contributed by atoms with Crippen LogP contribution in [0, 0.1) is 10.1 Å². The van der Waals surface area contributed by atoms with E-state index in [1.54, 1.807) is 12.1 Å². The van der Waals surface area contributed by atoms with Gasteiger partial charge >= 0.3 is 0 Å². The average molecular weight is 284 g/mol. The molecule has 2 atom stereocenters. The molecule has 6 heteroatoms. The number of nitro benzene ring substituents is 1. The van der Waals surface area contributed by atoms with Crippen molar-refractivity contribution in [1.29, 1.82) is 0 Å². The number of nitro groups is 1. The number of nitrogens with zero attached hydrogens (tertiary/aromatic N) is 1. The second-order valence-corrected chi connectivity index (χ2v) is 6.02. The van der Waals surface area contributed by atoms with Gasteiger partial charge in [0.25, 0.3) is 5.69 Å². The van der Waals surface area contributed by atoms with Crippen LogP contribution >= 0.6 is 0 Å². The first-order chi connectivity index (χ1) is 9.04. The van der Waals surface area contributed by atoms with Crippen LogP contribution < -0.4 is 5.32 Å². The van der Waals surface area contributed by atoms with Gasteiger partial charge in [-0.15, -0.1) is 0 Å². The summed E-state index contributed by atoms with van der Waals surface area (Å²) in [6.45, 7) is 5.14. The molecular weight excluding hydrogens is 264 g/mol. The molecule has 0 aliphatic rings.